The number of pyridine rings is 1. The fourth-order valence-electron chi connectivity index (χ4n) is 2.07. The monoisotopic (exact) mass is 316 g/mol. The van der Waals surface area contributed by atoms with Crippen molar-refractivity contribution in [1.29, 1.82) is 0 Å². The summed E-state index contributed by atoms with van der Waals surface area (Å²) in [5.41, 5.74) is 7.28. The third kappa shape index (κ3) is 4.69. The van der Waals surface area contributed by atoms with Crippen LogP contribution in [0.25, 0.3) is 0 Å². The summed E-state index contributed by atoms with van der Waals surface area (Å²) in [5.74, 6) is 0.0445. The molecule has 6 heteroatoms. The Kier molecular flexibility index (Phi) is 5.94. The van der Waals surface area contributed by atoms with Crippen LogP contribution in [0, 0.1) is 0 Å². The van der Waals surface area contributed by atoms with Crippen LogP contribution >= 0.6 is 0 Å². The van der Waals surface area contributed by atoms with Crippen molar-refractivity contribution in [2.24, 2.45) is 5.73 Å². The van der Waals surface area contributed by atoms with E-state index in [1.165, 1.54) is 14.2 Å². The molecule has 1 aromatic carbocycles. The lowest BCUT2D eigenvalue weighted by atomic mass is 10.1. The molecule has 2 N–H and O–H groups in total. The van der Waals surface area contributed by atoms with Gasteiger partial charge < -0.3 is 19.9 Å². The van der Waals surface area contributed by atoms with Gasteiger partial charge in [-0.05, 0) is 18.1 Å². The van der Waals surface area contributed by atoms with Crippen molar-refractivity contribution in [3.63, 3.8) is 0 Å². The highest BCUT2D eigenvalue weighted by Crippen LogP contribution is 2.21. The second kappa shape index (κ2) is 8.14. The molecule has 1 aromatic heterocycles. The second-order valence-electron chi connectivity index (χ2n) is 4.95. The Balaban J connectivity index is 2.03. The average molecular weight is 316 g/mol. The number of benzene rings is 1. The quantitative estimate of drug-likeness (QED) is 0.785. The lowest BCUT2D eigenvalue weighted by Crippen LogP contribution is -2.30. The first-order chi connectivity index (χ1) is 11.1. The third-order valence-electron chi connectivity index (χ3n) is 3.21. The molecule has 0 saturated heterocycles. The summed E-state index contributed by atoms with van der Waals surface area (Å²) >= 11 is 0. The standard InChI is InChI=1S/C17H20N2O4/c1-21-15-9-8-14(16(19-15)17(20)22-2)23-11-13(18)10-12-6-4-3-5-7-12/h3-9,13H,10-11,18H2,1-2H3/t13-/m1/s1. The van der Waals surface area contributed by atoms with Crippen LogP contribution < -0.4 is 15.2 Å². The molecule has 0 amide bonds. The number of ether oxygens (including phenoxy) is 3. The Hall–Kier alpha value is -2.60. The molecule has 6 nitrogen and oxygen atoms in total. The minimum Gasteiger partial charge on any atom is -0.489 e. The van der Waals surface area contributed by atoms with Crippen LogP contribution in [0.15, 0.2) is 42.5 Å². The van der Waals surface area contributed by atoms with Gasteiger partial charge in [0.1, 0.15) is 6.61 Å². The van der Waals surface area contributed by atoms with Gasteiger partial charge in [0.2, 0.25) is 5.88 Å². The van der Waals surface area contributed by atoms with Crippen molar-refractivity contribution in [1.82, 2.24) is 4.98 Å². The number of nitrogens with two attached hydrogens (primary N) is 1. The van der Waals surface area contributed by atoms with Crippen LogP contribution in [0.5, 0.6) is 11.6 Å². The van der Waals surface area contributed by atoms with Crippen molar-refractivity contribution in [3.8, 4) is 11.6 Å². The van der Waals surface area contributed by atoms with Crippen LogP contribution in [0.2, 0.25) is 0 Å². The largest absolute Gasteiger partial charge is 0.489 e. The van der Waals surface area contributed by atoms with E-state index in [9.17, 15) is 4.79 Å². The minimum absolute atomic E-state index is 0.0683. The summed E-state index contributed by atoms with van der Waals surface area (Å²) in [7, 11) is 2.76. The number of hydrogen-bond donors (Lipinski definition) is 1. The summed E-state index contributed by atoms with van der Waals surface area (Å²) in [6.45, 7) is 0.257. The lowest BCUT2D eigenvalue weighted by molar-refractivity contribution is 0.0587. The molecule has 0 aliphatic carbocycles. The van der Waals surface area contributed by atoms with Crippen LogP contribution in [0.4, 0.5) is 0 Å². The van der Waals surface area contributed by atoms with Gasteiger partial charge >= 0.3 is 5.97 Å². The Morgan fingerprint density at radius 1 is 1.17 bits per heavy atom. The molecule has 0 saturated carbocycles. The van der Waals surface area contributed by atoms with Gasteiger partial charge in [-0.3, -0.25) is 0 Å². The van der Waals surface area contributed by atoms with Gasteiger partial charge in [0.05, 0.1) is 14.2 Å². The fraction of sp³-hybridized carbons (Fsp3) is 0.294. The molecule has 122 valence electrons. The first kappa shape index (κ1) is 16.8. The Labute approximate surface area is 135 Å². The number of methoxy groups -OCH3 is 2. The third-order valence-corrected chi connectivity index (χ3v) is 3.21. The molecule has 0 unspecified atom stereocenters. The van der Waals surface area contributed by atoms with Gasteiger partial charge in [0.25, 0.3) is 0 Å². The summed E-state index contributed by atoms with van der Waals surface area (Å²) in [6.07, 6.45) is 0.679. The van der Waals surface area contributed by atoms with Crippen LogP contribution in [-0.4, -0.2) is 37.8 Å². The van der Waals surface area contributed by atoms with E-state index in [2.05, 4.69) is 4.98 Å². The topological polar surface area (TPSA) is 83.7 Å². The molecule has 2 aromatic rings. The molecular formula is C17H20N2O4. The predicted molar refractivity (Wildman–Crippen MR) is 85.7 cm³/mol. The number of carbonyl (C=O) groups is 1. The van der Waals surface area contributed by atoms with Crippen LogP contribution in [-0.2, 0) is 11.2 Å². The van der Waals surface area contributed by atoms with Crippen molar-refractivity contribution in [2.75, 3.05) is 20.8 Å². The summed E-state index contributed by atoms with van der Waals surface area (Å²) in [5, 5.41) is 0. The molecule has 1 heterocycles. The number of hydrogen-bond acceptors (Lipinski definition) is 6. The van der Waals surface area contributed by atoms with E-state index in [0.717, 1.165) is 5.56 Å². The van der Waals surface area contributed by atoms with E-state index in [1.807, 2.05) is 30.3 Å². The number of carbonyl (C=O) groups excluding carboxylic acids is 1. The van der Waals surface area contributed by atoms with Crippen LogP contribution in [0.1, 0.15) is 16.1 Å². The Morgan fingerprint density at radius 2 is 1.91 bits per heavy atom. The summed E-state index contributed by atoms with van der Waals surface area (Å²) < 4.78 is 15.4. The molecule has 0 aliphatic heterocycles. The van der Waals surface area contributed by atoms with E-state index >= 15 is 0 Å². The minimum atomic E-state index is -0.587. The van der Waals surface area contributed by atoms with Crippen LogP contribution in [0.3, 0.4) is 0 Å². The first-order valence-electron chi connectivity index (χ1n) is 7.19. The molecule has 0 radical (unpaired) electrons. The van der Waals surface area contributed by atoms with Crippen molar-refractivity contribution < 1.29 is 19.0 Å². The van der Waals surface area contributed by atoms with Gasteiger partial charge in [-0.2, -0.15) is 0 Å². The zero-order valence-corrected chi connectivity index (χ0v) is 13.2. The Morgan fingerprint density at radius 3 is 2.57 bits per heavy atom. The van der Waals surface area contributed by atoms with Gasteiger partial charge in [-0.1, -0.05) is 30.3 Å². The van der Waals surface area contributed by atoms with E-state index in [1.54, 1.807) is 12.1 Å². The molecule has 0 aliphatic rings. The number of esters is 1. The first-order valence-corrected chi connectivity index (χ1v) is 7.19. The molecule has 1 atom stereocenters. The fourth-order valence-corrected chi connectivity index (χ4v) is 2.07. The van der Waals surface area contributed by atoms with E-state index in [-0.39, 0.29) is 18.3 Å². The van der Waals surface area contributed by atoms with Crippen molar-refractivity contribution in [2.45, 2.75) is 12.5 Å². The summed E-state index contributed by atoms with van der Waals surface area (Å²) in [4.78, 5) is 15.8. The number of aromatic nitrogens is 1. The second-order valence-corrected chi connectivity index (χ2v) is 4.95. The molecule has 2 rings (SSSR count). The average Bonchev–Trinajstić information content (AvgIpc) is 2.60. The molecule has 23 heavy (non-hydrogen) atoms. The van der Waals surface area contributed by atoms with Gasteiger partial charge in [0.15, 0.2) is 11.4 Å². The summed E-state index contributed by atoms with van der Waals surface area (Å²) in [6, 6.07) is 12.9. The highest BCUT2D eigenvalue weighted by molar-refractivity contribution is 5.90. The zero-order chi connectivity index (χ0) is 16.7. The van der Waals surface area contributed by atoms with Crippen molar-refractivity contribution >= 4 is 5.97 Å². The SMILES string of the molecule is COC(=O)c1nc(OC)ccc1OC[C@H](N)Cc1ccccc1. The maximum atomic E-state index is 11.8. The molecule has 0 bridgehead atoms. The maximum absolute atomic E-state index is 11.8. The molecule has 0 fully saturated rings. The maximum Gasteiger partial charge on any atom is 0.360 e. The van der Waals surface area contributed by atoms with E-state index in [4.69, 9.17) is 19.9 Å². The molecule has 0 spiro atoms. The normalized spacial score (nSPS) is 11.6. The lowest BCUT2D eigenvalue weighted by Gasteiger charge is -2.15. The number of nitrogens with zero attached hydrogens (tertiary/aromatic N) is 1. The van der Waals surface area contributed by atoms with Gasteiger partial charge in [0, 0.05) is 12.1 Å². The highest BCUT2D eigenvalue weighted by atomic mass is 16.5. The van der Waals surface area contributed by atoms with Gasteiger partial charge in [-0.25, -0.2) is 9.78 Å². The van der Waals surface area contributed by atoms with E-state index < -0.39 is 5.97 Å². The zero-order valence-electron chi connectivity index (χ0n) is 13.2. The van der Waals surface area contributed by atoms with Gasteiger partial charge in [-0.15, -0.1) is 0 Å². The predicted octanol–water partition coefficient (Wildman–Crippen LogP) is 1.83. The molecular weight excluding hydrogens is 296 g/mol. The smallest absolute Gasteiger partial charge is 0.360 e. The highest BCUT2D eigenvalue weighted by Gasteiger charge is 2.17. The number of rotatable bonds is 7. The van der Waals surface area contributed by atoms with Crippen molar-refractivity contribution in [3.05, 3.63) is 53.7 Å². The van der Waals surface area contributed by atoms with E-state index in [0.29, 0.717) is 18.1 Å². The Bertz CT molecular complexity index is 646.